The summed E-state index contributed by atoms with van der Waals surface area (Å²) in [5.41, 5.74) is -4.30. The second-order valence-corrected chi connectivity index (χ2v) is 32.2. The van der Waals surface area contributed by atoms with Gasteiger partial charge in [-0.3, -0.25) is 19.2 Å². The van der Waals surface area contributed by atoms with Crippen LogP contribution >= 0.6 is 28.5 Å². The highest BCUT2D eigenvalue weighted by Gasteiger charge is 2.48. The number of allylic oxidation sites excluding steroid dienone is 1. The number of nitrogens with zero attached hydrogens (tertiary/aromatic N) is 4. The van der Waals surface area contributed by atoms with E-state index in [1.165, 1.54) is 170 Å². The number of nitro groups is 1. The van der Waals surface area contributed by atoms with E-state index >= 15 is 0 Å². The van der Waals surface area contributed by atoms with Gasteiger partial charge in [-0.05, 0) is 191 Å². The summed E-state index contributed by atoms with van der Waals surface area (Å²) in [7, 11) is -3.49. The molecule has 3 heterocycles. The third-order valence-electron chi connectivity index (χ3n) is 20.8. The lowest BCUT2D eigenvalue weighted by atomic mass is 9.68. The summed E-state index contributed by atoms with van der Waals surface area (Å²) < 4.78 is 246. The van der Waals surface area contributed by atoms with Crippen LogP contribution in [0.15, 0.2) is 334 Å². The van der Waals surface area contributed by atoms with E-state index in [9.17, 15) is 86.5 Å². The van der Waals surface area contributed by atoms with Gasteiger partial charge in [-0.2, -0.15) is 23.7 Å². The molecule has 0 amide bonds. The lowest BCUT2D eigenvalue weighted by Gasteiger charge is -2.36. The third kappa shape index (κ3) is 21.6. The van der Waals surface area contributed by atoms with Crippen LogP contribution in [0.5, 0.6) is 5.75 Å². The van der Waals surface area contributed by atoms with Crippen LogP contribution in [0.3, 0.4) is 0 Å². The topological polar surface area (TPSA) is 168 Å². The van der Waals surface area contributed by atoms with Crippen LogP contribution in [0.2, 0.25) is 0 Å². The summed E-state index contributed by atoms with van der Waals surface area (Å²) in [6, 6.07) is 74.9. The van der Waals surface area contributed by atoms with Gasteiger partial charge in [0.2, 0.25) is 5.60 Å². The molecule has 2 fully saturated rings. The van der Waals surface area contributed by atoms with E-state index < -0.39 is 131 Å². The Balaban J connectivity index is 0.000000149. The molecular weight excluding hydrogens is 1770 g/mol. The summed E-state index contributed by atoms with van der Waals surface area (Å²) in [5, 5.41) is 32.4. The molecule has 13 nitrogen and oxygen atoms in total. The Labute approximate surface area is 743 Å². The van der Waals surface area contributed by atoms with Gasteiger partial charge in [-0.25, -0.2) is 57.7 Å². The van der Waals surface area contributed by atoms with Gasteiger partial charge in [-0.15, -0.1) is 17.9 Å². The van der Waals surface area contributed by atoms with E-state index in [0.29, 0.717) is 94.2 Å². The lowest BCUT2D eigenvalue weighted by molar-refractivity contribution is -0.388. The van der Waals surface area contributed by atoms with Crippen molar-refractivity contribution in [3.63, 3.8) is 0 Å². The molecule has 2 aliphatic heterocycles. The molecule has 664 valence electrons. The van der Waals surface area contributed by atoms with Crippen LogP contribution in [0.25, 0.3) is 0 Å². The van der Waals surface area contributed by atoms with Crippen molar-refractivity contribution in [2.24, 2.45) is 5.92 Å². The summed E-state index contributed by atoms with van der Waals surface area (Å²) in [6.07, 6.45) is -1.77. The van der Waals surface area contributed by atoms with E-state index in [2.05, 4.69) is 23.7 Å². The Morgan fingerprint density at radius 2 is 0.738 bits per heavy atom. The summed E-state index contributed by atoms with van der Waals surface area (Å²) in [5.74, 6) is -5.93. The zero-order valence-electron chi connectivity index (χ0n) is 68.4. The molecule has 31 heteroatoms. The summed E-state index contributed by atoms with van der Waals surface area (Å²) in [6.45, 7) is 8.84. The van der Waals surface area contributed by atoms with Crippen molar-refractivity contribution >= 4 is 34.2 Å². The van der Waals surface area contributed by atoms with Gasteiger partial charge >= 0.3 is 23.4 Å². The van der Waals surface area contributed by atoms with Crippen molar-refractivity contribution in [1.29, 1.82) is 10.5 Å². The van der Waals surface area contributed by atoms with Crippen molar-refractivity contribution in [3.8, 4) is 17.9 Å². The number of nitriles is 2. The van der Waals surface area contributed by atoms with Crippen molar-refractivity contribution in [1.82, 2.24) is 4.98 Å². The molecule has 0 radical (unpaired) electrons. The lowest BCUT2D eigenvalue weighted by Crippen LogP contribution is -2.36. The molecule has 0 aliphatic carbocycles. The van der Waals surface area contributed by atoms with E-state index in [1.54, 1.807) is 115 Å². The predicted octanol–water partition coefficient (Wildman–Crippen LogP) is 26.9. The Morgan fingerprint density at radius 3 is 1.05 bits per heavy atom. The Hall–Kier alpha value is -13.0. The number of hydrogen-bond donors (Lipinski definition) is 0. The molecule has 16 rings (SSSR count). The number of alkyl halides is 3. The minimum absolute atomic E-state index is 0.158. The molecule has 2 saturated heterocycles. The van der Waals surface area contributed by atoms with Crippen LogP contribution in [0, 0.1) is 109 Å². The number of rotatable bonds is 23. The SMILES string of the molecule is C=CCC(C#N)(c1ccc(F)cc1)c1ccccc1F.CC(C)C(C#N)(c1ccc(F)cc1)c1ccccc1F.Fc1ccc(C(OP2OCCO2)(c2ccc(F)cc2)c2ccc(F)cc2)cc1.Fc1ccc(C(OP2OCCO2)(c2ccc(F)cc2)c2ccccc2F)cc1.O=[N+]([O-])c1ccc(OC(c2ccc(F)cc2)(c2ccc(F)cc2)c2nccs2)cc1C(F)(F)F. The maximum absolute atomic E-state index is 15.0. The van der Waals surface area contributed by atoms with Crippen LogP contribution in [-0.4, -0.2) is 36.3 Å². The van der Waals surface area contributed by atoms with Gasteiger partial charge in [0.15, 0.2) is 11.2 Å². The van der Waals surface area contributed by atoms with E-state index in [0.717, 1.165) is 41.7 Å². The van der Waals surface area contributed by atoms with Gasteiger partial charge in [0.1, 0.15) is 97.0 Å². The monoisotopic (exact) mass is 1840 g/mol. The molecule has 0 saturated carbocycles. The summed E-state index contributed by atoms with van der Waals surface area (Å²) >= 11 is 1.11. The largest absolute Gasteiger partial charge is 0.470 e. The van der Waals surface area contributed by atoms with E-state index in [1.807, 2.05) is 13.8 Å². The Morgan fingerprint density at radius 1 is 0.423 bits per heavy atom. The minimum Gasteiger partial charge on any atom is -0.470 e. The first-order chi connectivity index (χ1) is 62.4. The van der Waals surface area contributed by atoms with Gasteiger partial charge in [0.25, 0.3) is 5.69 Å². The van der Waals surface area contributed by atoms with E-state index in [4.69, 9.17) is 31.9 Å². The fraction of sp³-hybridized carbons (Fsp3) is 0.141. The van der Waals surface area contributed by atoms with Gasteiger partial charge in [0, 0.05) is 45.5 Å². The first-order valence-electron chi connectivity index (χ1n) is 39.4. The Bertz CT molecular complexity index is 6020. The van der Waals surface area contributed by atoms with Crippen LogP contribution < -0.4 is 4.74 Å². The number of halogens is 15. The second-order valence-electron chi connectivity index (χ2n) is 29.0. The third-order valence-corrected chi connectivity index (χ3v) is 24.1. The molecule has 130 heavy (non-hydrogen) atoms. The van der Waals surface area contributed by atoms with Crippen LogP contribution in [0.4, 0.5) is 71.5 Å². The quantitative estimate of drug-likeness (QED) is 0.0149. The first kappa shape index (κ1) is 96.1. The highest BCUT2D eigenvalue weighted by atomic mass is 32.1. The standard InChI is InChI=1S/C23H13F5N2O3S.2C21H16F3O3P.C17H15F2N.C17H13F2N/c24-16-5-1-14(2-6-16)22(21-29-11-12-34-21,15-3-7-17(25)8-4-15)33-18-9-10-20(30(31)32)19(13-18)23(26,27)28;22-18-7-1-15(2-8-18)21(27-28-25-13-14-26-28,16-3-9-19(23)10-4-16)17-5-11-20(24)12-6-17;22-17-9-5-15(6-10-17)21(27-28-25-13-14-26-28,16-7-11-18(23)12-8-16)19-3-1-2-4-20(19)24;1-12(2)17(11-20,13-7-9-14(18)10-8-13)15-5-3-4-6-16(15)19;1-2-11-17(12-20,13-7-9-14(18)10-8-13)15-5-3-4-6-16(15)19/h1-13H;2*1-12H,13-14H2;3-10,12H,1-2H3;2-10H,1,11H2. The molecule has 14 aromatic rings. The van der Waals surface area contributed by atoms with Crippen molar-refractivity contribution in [3.05, 3.63) is 491 Å². The first-order valence-corrected chi connectivity index (χ1v) is 42.5. The fourth-order valence-electron chi connectivity index (χ4n) is 14.7. The minimum atomic E-state index is -5.03. The molecule has 13 aromatic carbocycles. The molecule has 0 N–H and O–H groups in total. The molecule has 2 aliphatic rings. The number of ether oxygens (including phenoxy) is 1. The molecule has 1 aromatic heterocycles. The number of hydrogen-bond acceptors (Lipinski definition) is 13. The smallest absolute Gasteiger partial charge is 0.423 e. The molecule has 0 bridgehead atoms. The average Bonchev–Trinajstić information content (AvgIpc) is 1.03. The van der Waals surface area contributed by atoms with Gasteiger partial charge in [-0.1, -0.05) is 184 Å². The van der Waals surface area contributed by atoms with Gasteiger partial charge < -0.3 is 22.8 Å². The molecule has 2 unspecified atom stereocenters. The maximum Gasteiger partial charge on any atom is 0.423 e. The summed E-state index contributed by atoms with van der Waals surface area (Å²) in [4.78, 5) is 14.3. The highest BCUT2D eigenvalue weighted by Crippen LogP contribution is 2.57. The van der Waals surface area contributed by atoms with Crippen molar-refractivity contribution < 1.29 is 103 Å². The zero-order chi connectivity index (χ0) is 93.0. The molecule has 2 atom stereocenters. The molecular formula is C99H73F15N4O9P2S. The maximum atomic E-state index is 15.0. The number of thiazole rings is 1. The van der Waals surface area contributed by atoms with Crippen molar-refractivity contribution in [2.75, 3.05) is 26.4 Å². The number of nitro benzene ring substituents is 1. The number of aromatic nitrogens is 1. The predicted molar refractivity (Wildman–Crippen MR) is 460 cm³/mol. The van der Waals surface area contributed by atoms with Crippen LogP contribution in [-0.2, 0) is 61.0 Å². The second kappa shape index (κ2) is 42.9. The zero-order valence-corrected chi connectivity index (χ0v) is 71.0. The van der Waals surface area contributed by atoms with E-state index in [-0.39, 0.29) is 40.0 Å². The highest BCUT2D eigenvalue weighted by molar-refractivity contribution is 7.42. The molecule has 0 spiro atoms. The fourth-order valence-corrected chi connectivity index (χ4v) is 17.8. The number of benzene rings is 13. The van der Waals surface area contributed by atoms with Gasteiger partial charge in [0.05, 0.1) is 43.5 Å². The van der Waals surface area contributed by atoms with Crippen LogP contribution in [0.1, 0.15) is 97.6 Å². The average molecular weight is 1840 g/mol. The Kier molecular flexibility index (Phi) is 31.7. The normalized spacial score (nSPS) is 13.8. The van der Waals surface area contributed by atoms with Crippen molar-refractivity contribution in [2.45, 2.75) is 54.1 Å².